The molecule has 0 aliphatic heterocycles. The van der Waals surface area contributed by atoms with Gasteiger partial charge in [0, 0.05) is 23.0 Å². The highest BCUT2D eigenvalue weighted by Crippen LogP contribution is 2.19. The van der Waals surface area contributed by atoms with Crippen LogP contribution in [0, 0.1) is 5.92 Å². The molecule has 1 rings (SSSR count). The molecule has 3 N–H and O–H groups in total. The lowest BCUT2D eigenvalue weighted by molar-refractivity contribution is -0.113. The summed E-state index contributed by atoms with van der Waals surface area (Å²) >= 11 is 0. The van der Waals surface area contributed by atoms with E-state index in [0.29, 0.717) is 11.3 Å². The maximum atomic E-state index is 11.4. The Hall–Kier alpha value is -1.58. The molecule has 0 amide bonds. The van der Waals surface area contributed by atoms with Crippen molar-refractivity contribution in [2.75, 3.05) is 0 Å². The smallest absolute Gasteiger partial charge is 0.158 e. The molecule has 0 saturated carbocycles. The number of rotatable bonds is 3. The number of Topliss-reactive ketones (excluding diaryl/α,β-unsaturated/α-hetero) is 1. The summed E-state index contributed by atoms with van der Waals surface area (Å²) in [5, 5.41) is 6.46. The van der Waals surface area contributed by atoms with Gasteiger partial charge in [-0.2, -0.15) is 5.10 Å². The van der Waals surface area contributed by atoms with E-state index in [2.05, 4.69) is 10.2 Å². The fourth-order valence-electron chi connectivity index (χ4n) is 1.46. The van der Waals surface area contributed by atoms with Crippen LogP contribution >= 0.6 is 0 Å². The van der Waals surface area contributed by atoms with Crippen LogP contribution in [0.3, 0.4) is 0 Å². The van der Waals surface area contributed by atoms with Gasteiger partial charge in [0.25, 0.3) is 0 Å². The zero-order valence-corrected chi connectivity index (χ0v) is 8.66. The van der Waals surface area contributed by atoms with Crippen LogP contribution < -0.4 is 5.73 Å². The zero-order valence-electron chi connectivity index (χ0n) is 8.66. The largest absolute Gasteiger partial charge is 0.398 e. The summed E-state index contributed by atoms with van der Waals surface area (Å²) < 4.78 is 0. The van der Waals surface area contributed by atoms with Crippen LogP contribution in [0.5, 0.6) is 0 Å². The van der Waals surface area contributed by atoms with Crippen LogP contribution in [0.2, 0.25) is 0 Å². The van der Waals surface area contributed by atoms with Gasteiger partial charge < -0.3 is 5.73 Å². The molecule has 4 heteroatoms. The molecule has 0 saturated heterocycles. The van der Waals surface area contributed by atoms with Gasteiger partial charge in [0.05, 0.1) is 6.20 Å². The van der Waals surface area contributed by atoms with Crippen molar-refractivity contribution in [2.45, 2.75) is 20.8 Å². The molecule has 0 fully saturated rings. The number of aromatic nitrogens is 2. The van der Waals surface area contributed by atoms with Crippen molar-refractivity contribution in [2.24, 2.45) is 11.7 Å². The van der Waals surface area contributed by atoms with Crippen LogP contribution in [0.15, 0.2) is 18.0 Å². The summed E-state index contributed by atoms with van der Waals surface area (Å²) in [6.45, 7) is 5.43. The number of nitrogens with two attached hydrogens (primary N) is 1. The number of allylic oxidation sites excluding steroid dienone is 1. The summed E-state index contributed by atoms with van der Waals surface area (Å²) in [5.41, 5.74) is 7.83. The molecule has 0 bridgehead atoms. The predicted octanol–water partition coefficient (Wildman–Crippen LogP) is 1.32. The fraction of sp³-hybridized carbons (Fsp3) is 0.400. The Morgan fingerprint density at radius 1 is 1.57 bits per heavy atom. The molecule has 1 aromatic heterocycles. The van der Waals surface area contributed by atoms with Gasteiger partial charge in [-0.25, -0.2) is 0 Å². The lowest BCUT2D eigenvalue weighted by atomic mass is 9.95. The summed E-state index contributed by atoms with van der Waals surface area (Å²) in [7, 11) is 0. The van der Waals surface area contributed by atoms with Gasteiger partial charge in [0.1, 0.15) is 0 Å². The van der Waals surface area contributed by atoms with Gasteiger partial charge in [-0.1, -0.05) is 13.8 Å². The van der Waals surface area contributed by atoms with Crippen LogP contribution in [-0.2, 0) is 4.79 Å². The average Bonchev–Trinajstić information content (AvgIpc) is 2.53. The van der Waals surface area contributed by atoms with Gasteiger partial charge >= 0.3 is 0 Å². The van der Waals surface area contributed by atoms with E-state index in [0.717, 1.165) is 5.56 Å². The SMILES string of the molecule is CC(=O)/C(=C(\N)c1cn[nH]c1)C(C)C. The van der Waals surface area contributed by atoms with Crippen molar-refractivity contribution < 1.29 is 4.79 Å². The summed E-state index contributed by atoms with van der Waals surface area (Å²) in [4.78, 5) is 11.4. The number of aromatic amines is 1. The first-order valence-electron chi connectivity index (χ1n) is 4.53. The number of nitrogens with one attached hydrogen (secondary N) is 1. The minimum absolute atomic E-state index is 0.0127. The molecule has 1 aromatic rings. The van der Waals surface area contributed by atoms with Crippen LogP contribution in [0.4, 0.5) is 0 Å². The Bertz CT molecular complexity index is 349. The second kappa shape index (κ2) is 4.09. The standard InChI is InChI=1S/C10H15N3O/c1-6(2)9(7(3)14)10(11)8-4-12-13-5-8/h4-6H,11H2,1-3H3,(H,12,13)/b10-9-. The maximum Gasteiger partial charge on any atom is 0.158 e. The predicted molar refractivity (Wildman–Crippen MR) is 55.2 cm³/mol. The minimum Gasteiger partial charge on any atom is -0.398 e. The van der Waals surface area contributed by atoms with Crippen molar-refractivity contribution in [1.29, 1.82) is 0 Å². The molecule has 0 aliphatic carbocycles. The van der Waals surface area contributed by atoms with Crippen LogP contribution in [0.25, 0.3) is 5.70 Å². The van der Waals surface area contributed by atoms with E-state index >= 15 is 0 Å². The van der Waals surface area contributed by atoms with Gasteiger partial charge in [0.15, 0.2) is 5.78 Å². The quantitative estimate of drug-likeness (QED) is 0.711. The third-order valence-corrected chi connectivity index (χ3v) is 2.06. The second-order valence-corrected chi connectivity index (χ2v) is 3.53. The molecular weight excluding hydrogens is 178 g/mol. The zero-order chi connectivity index (χ0) is 10.7. The highest BCUT2D eigenvalue weighted by Gasteiger charge is 2.14. The van der Waals surface area contributed by atoms with E-state index in [9.17, 15) is 4.79 Å². The van der Waals surface area contributed by atoms with Gasteiger partial charge in [-0.3, -0.25) is 9.89 Å². The molecule has 0 atom stereocenters. The first-order chi connectivity index (χ1) is 6.54. The normalized spacial score (nSPS) is 12.9. The van der Waals surface area contributed by atoms with E-state index in [-0.39, 0.29) is 11.7 Å². The van der Waals surface area contributed by atoms with Crippen molar-refractivity contribution in [3.05, 3.63) is 23.5 Å². The lowest BCUT2D eigenvalue weighted by Crippen LogP contribution is -2.12. The Morgan fingerprint density at radius 3 is 2.57 bits per heavy atom. The van der Waals surface area contributed by atoms with Gasteiger partial charge in [-0.05, 0) is 12.8 Å². The number of carbonyl (C=O) groups excluding carboxylic acids is 1. The third-order valence-electron chi connectivity index (χ3n) is 2.06. The number of carbonyl (C=O) groups is 1. The molecule has 0 aromatic carbocycles. The third kappa shape index (κ3) is 2.02. The molecule has 0 radical (unpaired) electrons. The molecule has 76 valence electrons. The lowest BCUT2D eigenvalue weighted by Gasteiger charge is -2.11. The fourth-order valence-corrected chi connectivity index (χ4v) is 1.46. The van der Waals surface area contributed by atoms with Crippen molar-refractivity contribution in [3.8, 4) is 0 Å². The summed E-state index contributed by atoms with van der Waals surface area (Å²) in [5.74, 6) is 0.140. The van der Waals surface area contributed by atoms with E-state index < -0.39 is 0 Å². The Balaban J connectivity index is 3.18. The molecule has 0 aliphatic rings. The number of ketones is 1. The average molecular weight is 193 g/mol. The Labute approximate surface area is 83.2 Å². The number of hydrogen-bond acceptors (Lipinski definition) is 3. The monoisotopic (exact) mass is 193 g/mol. The van der Waals surface area contributed by atoms with E-state index in [1.54, 1.807) is 12.4 Å². The topological polar surface area (TPSA) is 71.8 Å². The first-order valence-corrected chi connectivity index (χ1v) is 4.53. The van der Waals surface area contributed by atoms with Gasteiger partial charge in [0.2, 0.25) is 0 Å². The highest BCUT2D eigenvalue weighted by molar-refractivity contribution is 6.00. The Kier molecular flexibility index (Phi) is 3.06. The molecule has 4 nitrogen and oxygen atoms in total. The van der Waals surface area contributed by atoms with Crippen LogP contribution in [0.1, 0.15) is 26.3 Å². The maximum absolute atomic E-state index is 11.4. The van der Waals surface area contributed by atoms with E-state index in [4.69, 9.17) is 5.73 Å². The van der Waals surface area contributed by atoms with Crippen molar-refractivity contribution in [3.63, 3.8) is 0 Å². The molecule has 0 spiro atoms. The summed E-state index contributed by atoms with van der Waals surface area (Å²) in [6, 6.07) is 0. The second-order valence-electron chi connectivity index (χ2n) is 3.53. The highest BCUT2D eigenvalue weighted by atomic mass is 16.1. The number of hydrogen-bond donors (Lipinski definition) is 2. The number of H-pyrrole nitrogens is 1. The van der Waals surface area contributed by atoms with Gasteiger partial charge in [-0.15, -0.1) is 0 Å². The molecule has 14 heavy (non-hydrogen) atoms. The summed E-state index contributed by atoms with van der Waals surface area (Å²) in [6.07, 6.45) is 3.29. The van der Waals surface area contributed by atoms with Crippen molar-refractivity contribution in [1.82, 2.24) is 10.2 Å². The molecular formula is C10H15N3O. The molecule has 0 unspecified atom stereocenters. The van der Waals surface area contributed by atoms with Crippen LogP contribution in [-0.4, -0.2) is 16.0 Å². The van der Waals surface area contributed by atoms with Crippen molar-refractivity contribution >= 4 is 11.5 Å². The Morgan fingerprint density at radius 2 is 2.21 bits per heavy atom. The van der Waals surface area contributed by atoms with E-state index in [1.165, 1.54) is 6.92 Å². The number of nitrogens with zero attached hydrogens (tertiary/aromatic N) is 1. The minimum atomic E-state index is 0.0127. The van der Waals surface area contributed by atoms with E-state index in [1.807, 2.05) is 13.8 Å². The first kappa shape index (κ1) is 10.5. The molecule has 1 heterocycles.